The maximum atomic E-state index is 12.1. The third-order valence-corrected chi connectivity index (χ3v) is 3.51. The zero-order valence-electron chi connectivity index (χ0n) is 15.2. The fourth-order valence-corrected chi connectivity index (χ4v) is 2.11. The average molecular weight is 410 g/mol. The van der Waals surface area contributed by atoms with Crippen LogP contribution >= 0.6 is 0 Å². The molecule has 3 amide bonds. The van der Waals surface area contributed by atoms with Gasteiger partial charge in [0.2, 0.25) is 0 Å². The highest BCUT2D eigenvalue weighted by Gasteiger charge is 2.31. The summed E-state index contributed by atoms with van der Waals surface area (Å²) in [5.74, 6) is -2.31. The van der Waals surface area contributed by atoms with E-state index in [0.29, 0.717) is 0 Å². The first-order chi connectivity index (χ1) is 13.6. The summed E-state index contributed by atoms with van der Waals surface area (Å²) < 4.78 is 45.0. The number of carbonyl (C=O) groups excluding carboxylic acids is 3. The van der Waals surface area contributed by atoms with E-state index in [-0.39, 0.29) is 12.1 Å². The molecule has 7 nitrogen and oxygen atoms in total. The summed E-state index contributed by atoms with van der Waals surface area (Å²) in [6.07, 6.45) is -6.16. The van der Waals surface area contributed by atoms with Gasteiger partial charge in [-0.3, -0.25) is 10.1 Å². The number of esters is 1. The Balaban J connectivity index is 1.82. The van der Waals surface area contributed by atoms with Gasteiger partial charge in [-0.05, 0) is 36.8 Å². The van der Waals surface area contributed by atoms with Crippen molar-refractivity contribution in [1.82, 2.24) is 10.6 Å². The van der Waals surface area contributed by atoms with E-state index in [1.54, 1.807) is 24.3 Å². The van der Waals surface area contributed by atoms with Gasteiger partial charge in [-0.25, -0.2) is 9.59 Å². The lowest BCUT2D eigenvalue weighted by Crippen LogP contribution is -2.44. The summed E-state index contributed by atoms with van der Waals surface area (Å²) in [4.78, 5) is 35.7. The number of amides is 3. The van der Waals surface area contributed by atoms with Gasteiger partial charge in [0.05, 0.1) is 5.56 Å². The van der Waals surface area contributed by atoms with Crippen LogP contribution in [0.5, 0.6) is 5.75 Å². The van der Waals surface area contributed by atoms with Crippen molar-refractivity contribution in [2.24, 2.45) is 0 Å². The molecule has 0 unspecified atom stereocenters. The number of hydrogen-bond donors (Lipinski definition) is 2. The van der Waals surface area contributed by atoms with Crippen LogP contribution < -0.4 is 15.4 Å². The zero-order chi connectivity index (χ0) is 21.4. The van der Waals surface area contributed by atoms with Crippen molar-refractivity contribution < 1.29 is 37.0 Å². The lowest BCUT2D eigenvalue weighted by Gasteiger charge is -2.14. The summed E-state index contributed by atoms with van der Waals surface area (Å²) >= 11 is 0. The number of benzene rings is 2. The molecular formula is C19H17F3N2O5. The van der Waals surface area contributed by atoms with Gasteiger partial charge < -0.3 is 14.8 Å². The summed E-state index contributed by atoms with van der Waals surface area (Å²) in [5, 5.41) is 4.51. The van der Waals surface area contributed by atoms with Gasteiger partial charge in [-0.2, -0.15) is 0 Å². The first kappa shape index (κ1) is 21.7. The number of halogens is 3. The summed E-state index contributed by atoms with van der Waals surface area (Å²) in [7, 11) is 0. The summed E-state index contributed by atoms with van der Waals surface area (Å²) in [6, 6.07) is 12.2. The molecule has 0 spiro atoms. The van der Waals surface area contributed by atoms with Gasteiger partial charge in [0, 0.05) is 6.54 Å². The lowest BCUT2D eigenvalue weighted by atomic mass is 10.2. The highest BCUT2D eigenvalue weighted by molar-refractivity contribution is 5.98. The molecule has 0 heterocycles. The molecule has 2 aromatic rings. The average Bonchev–Trinajstić information content (AvgIpc) is 2.66. The third-order valence-electron chi connectivity index (χ3n) is 3.51. The molecule has 0 saturated carbocycles. The van der Waals surface area contributed by atoms with Gasteiger partial charge >= 0.3 is 18.4 Å². The molecule has 29 heavy (non-hydrogen) atoms. The molecule has 2 N–H and O–H groups in total. The molecule has 1 atom stereocenters. The number of hydrogen-bond acceptors (Lipinski definition) is 5. The molecule has 0 aliphatic rings. The first-order valence-corrected chi connectivity index (χ1v) is 8.33. The topological polar surface area (TPSA) is 93.7 Å². The van der Waals surface area contributed by atoms with Crippen LogP contribution in [-0.2, 0) is 16.1 Å². The van der Waals surface area contributed by atoms with Crippen LogP contribution in [-0.4, -0.2) is 30.4 Å². The normalized spacial score (nSPS) is 11.9. The second kappa shape index (κ2) is 9.58. The first-order valence-electron chi connectivity index (χ1n) is 8.33. The van der Waals surface area contributed by atoms with Crippen molar-refractivity contribution in [3.05, 3.63) is 65.7 Å². The van der Waals surface area contributed by atoms with Crippen molar-refractivity contribution in [2.75, 3.05) is 0 Å². The van der Waals surface area contributed by atoms with Crippen molar-refractivity contribution >= 4 is 17.9 Å². The van der Waals surface area contributed by atoms with Crippen LogP contribution in [0.3, 0.4) is 0 Å². The molecular weight excluding hydrogens is 393 g/mol. The Kier molecular flexibility index (Phi) is 7.18. The molecule has 0 bridgehead atoms. The number of nitrogens with one attached hydrogen (secondary N) is 2. The predicted molar refractivity (Wildman–Crippen MR) is 94.8 cm³/mol. The van der Waals surface area contributed by atoms with Gasteiger partial charge in [0.15, 0.2) is 6.10 Å². The molecule has 154 valence electrons. The number of carbonyl (C=O) groups is 3. The van der Waals surface area contributed by atoms with E-state index in [1.165, 1.54) is 6.92 Å². The van der Waals surface area contributed by atoms with Crippen LogP contribution in [0.25, 0.3) is 0 Å². The van der Waals surface area contributed by atoms with Gasteiger partial charge in [0.1, 0.15) is 5.75 Å². The summed E-state index contributed by atoms with van der Waals surface area (Å²) in [5.41, 5.74) is 0.736. The smallest absolute Gasteiger partial charge is 0.449 e. The molecule has 2 aromatic carbocycles. The monoisotopic (exact) mass is 410 g/mol. The predicted octanol–water partition coefficient (Wildman–Crippen LogP) is 3.16. The van der Waals surface area contributed by atoms with E-state index in [2.05, 4.69) is 10.1 Å². The highest BCUT2D eigenvalue weighted by atomic mass is 19.4. The molecule has 0 aromatic heterocycles. The molecule has 0 fully saturated rings. The number of imide groups is 1. The minimum Gasteiger partial charge on any atom is -0.449 e. The van der Waals surface area contributed by atoms with E-state index in [0.717, 1.165) is 29.8 Å². The van der Waals surface area contributed by atoms with Crippen LogP contribution in [0, 0.1) is 0 Å². The number of rotatable bonds is 6. The number of ether oxygens (including phenoxy) is 2. The van der Waals surface area contributed by atoms with E-state index < -0.39 is 36.1 Å². The van der Waals surface area contributed by atoms with Crippen LogP contribution in [0.15, 0.2) is 54.6 Å². The Labute approximate surface area is 163 Å². The minimum atomic E-state index is -4.85. The van der Waals surface area contributed by atoms with E-state index in [1.807, 2.05) is 11.4 Å². The maximum Gasteiger partial charge on any atom is 0.573 e. The van der Waals surface area contributed by atoms with E-state index in [9.17, 15) is 27.6 Å². The van der Waals surface area contributed by atoms with Gasteiger partial charge in [-0.1, -0.05) is 30.3 Å². The maximum absolute atomic E-state index is 12.1. The Hall–Kier alpha value is -3.56. The van der Waals surface area contributed by atoms with Crippen molar-refractivity contribution in [3.8, 4) is 5.75 Å². The molecule has 0 aliphatic heterocycles. The molecule has 0 aliphatic carbocycles. The Bertz CT molecular complexity index is 854. The molecule has 10 heteroatoms. The Morgan fingerprint density at radius 3 is 2.21 bits per heavy atom. The van der Waals surface area contributed by atoms with Crippen LogP contribution in [0.1, 0.15) is 22.8 Å². The van der Waals surface area contributed by atoms with E-state index >= 15 is 0 Å². The van der Waals surface area contributed by atoms with Crippen molar-refractivity contribution in [3.63, 3.8) is 0 Å². The van der Waals surface area contributed by atoms with Crippen molar-refractivity contribution in [2.45, 2.75) is 25.9 Å². The zero-order valence-corrected chi connectivity index (χ0v) is 15.2. The fourth-order valence-electron chi connectivity index (χ4n) is 2.11. The second-order valence-electron chi connectivity index (χ2n) is 5.78. The Morgan fingerprint density at radius 1 is 1.00 bits per heavy atom. The third kappa shape index (κ3) is 7.53. The standard InChI is InChI=1S/C19H17F3N2O5/c1-12(16(25)24-18(27)23-11-13-5-3-2-4-6-13)28-17(26)14-7-9-15(10-8-14)29-19(20,21)22/h2-10,12H,11H2,1H3,(H2,23,24,25,27)/t12-/m1/s1. The second-order valence-corrected chi connectivity index (χ2v) is 5.78. The largest absolute Gasteiger partial charge is 0.573 e. The van der Waals surface area contributed by atoms with Crippen molar-refractivity contribution in [1.29, 1.82) is 0 Å². The molecule has 0 radical (unpaired) electrons. The number of urea groups is 1. The molecule has 2 rings (SSSR count). The quantitative estimate of drug-likeness (QED) is 0.714. The Morgan fingerprint density at radius 2 is 1.62 bits per heavy atom. The number of alkyl halides is 3. The molecule has 0 saturated heterocycles. The van der Waals surface area contributed by atoms with Crippen LogP contribution in [0.2, 0.25) is 0 Å². The van der Waals surface area contributed by atoms with E-state index in [4.69, 9.17) is 4.74 Å². The fraction of sp³-hybridized carbons (Fsp3) is 0.211. The van der Waals surface area contributed by atoms with Gasteiger partial charge in [0.25, 0.3) is 5.91 Å². The van der Waals surface area contributed by atoms with Crippen LogP contribution in [0.4, 0.5) is 18.0 Å². The highest BCUT2D eigenvalue weighted by Crippen LogP contribution is 2.23. The SMILES string of the molecule is C[C@@H](OC(=O)c1ccc(OC(F)(F)F)cc1)C(=O)NC(=O)NCc1ccccc1. The lowest BCUT2D eigenvalue weighted by molar-refractivity contribution is -0.274. The van der Waals surface area contributed by atoms with Gasteiger partial charge in [-0.15, -0.1) is 13.2 Å². The minimum absolute atomic E-state index is 0.0901. The summed E-state index contributed by atoms with van der Waals surface area (Å²) in [6.45, 7) is 1.44.